The number of alkyl halides is 3. The van der Waals surface area contributed by atoms with Gasteiger partial charge in [-0.25, -0.2) is 0 Å². The van der Waals surface area contributed by atoms with E-state index in [4.69, 9.17) is 14.2 Å². The van der Waals surface area contributed by atoms with Crippen molar-refractivity contribution in [3.8, 4) is 17.2 Å². The fraction of sp³-hybridized carbons (Fsp3) is 0.350. The smallest absolute Gasteiger partial charge is 0.416 e. The van der Waals surface area contributed by atoms with Crippen LogP contribution in [0.3, 0.4) is 0 Å². The molecule has 0 fully saturated rings. The Morgan fingerprint density at radius 3 is 2.31 bits per heavy atom. The Bertz CT molecular complexity index is 809. The third kappa shape index (κ3) is 6.86. The zero-order chi connectivity index (χ0) is 21.4. The van der Waals surface area contributed by atoms with E-state index in [2.05, 4.69) is 5.32 Å². The number of amides is 1. The van der Waals surface area contributed by atoms with Crippen LogP contribution in [-0.2, 0) is 17.4 Å². The first-order valence-corrected chi connectivity index (χ1v) is 8.68. The number of hydrogen-bond donors (Lipinski definition) is 2. The molecule has 2 aromatic rings. The largest absolute Gasteiger partial charge is 0.497 e. The van der Waals surface area contributed by atoms with E-state index in [1.807, 2.05) is 0 Å². The molecule has 0 bridgehead atoms. The number of halogens is 3. The molecular formula is C20H22F3NO5. The Morgan fingerprint density at radius 1 is 1.07 bits per heavy atom. The highest BCUT2D eigenvalue weighted by Crippen LogP contribution is 2.30. The summed E-state index contributed by atoms with van der Waals surface area (Å²) in [6.07, 6.45) is -5.41. The van der Waals surface area contributed by atoms with Gasteiger partial charge in [-0.2, -0.15) is 13.2 Å². The first-order valence-electron chi connectivity index (χ1n) is 8.68. The summed E-state index contributed by atoms with van der Waals surface area (Å²) < 4.78 is 53.1. The van der Waals surface area contributed by atoms with Crippen LogP contribution in [0.15, 0.2) is 42.5 Å². The number of nitrogens with one attached hydrogen (secondary N) is 1. The van der Waals surface area contributed by atoms with Crippen molar-refractivity contribution in [1.82, 2.24) is 5.32 Å². The molecule has 0 aliphatic rings. The van der Waals surface area contributed by atoms with Crippen molar-refractivity contribution in [2.45, 2.75) is 18.7 Å². The maximum atomic E-state index is 12.5. The van der Waals surface area contributed by atoms with Gasteiger partial charge in [-0.05, 0) is 30.3 Å². The molecule has 0 aromatic heterocycles. The normalized spacial score (nSPS) is 12.2. The van der Waals surface area contributed by atoms with Gasteiger partial charge < -0.3 is 24.6 Å². The molecule has 2 aromatic carbocycles. The van der Waals surface area contributed by atoms with Gasteiger partial charge >= 0.3 is 6.18 Å². The second-order valence-corrected chi connectivity index (χ2v) is 6.15. The predicted molar refractivity (Wildman–Crippen MR) is 99.2 cm³/mol. The summed E-state index contributed by atoms with van der Waals surface area (Å²) in [5.74, 6) is 0.959. The number of carbonyl (C=O) groups is 1. The summed E-state index contributed by atoms with van der Waals surface area (Å²) in [6.45, 7) is -0.255. The number of ether oxygens (including phenoxy) is 3. The monoisotopic (exact) mass is 413 g/mol. The summed E-state index contributed by atoms with van der Waals surface area (Å²) in [4.78, 5) is 12.1. The predicted octanol–water partition coefficient (Wildman–Crippen LogP) is 2.82. The molecule has 9 heteroatoms. The van der Waals surface area contributed by atoms with Gasteiger partial charge in [0.1, 0.15) is 30.0 Å². The van der Waals surface area contributed by atoms with Crippen LogP contribution in [0.4, 0.5) is 13.2 Å². The summed E-state index contributed by atoms with van der Waals surface area (Å²) in [5.41, 5.74) is -0.132. The fourth-order valence-corrected chi connectivity index (χ4v) is 2.46. The van der Waals surface area contributed by atoms with Gasteiger partial charge in [0.05, 0.1) is 26.2 Å². The highest BCUT2D eigenvalue weighted by atomic mass is 19.4. The Kier molecular flexibility index (Phi) is 7.72. The fourth-order valence-electron chi connectivity index (χ4n) is 2.46. The van der Waals surface area contributed by atoms with Crippen LogP contribution >= 0.6 is 0 Å². The molecule has 0 saturated heterocycles. The maximum Gasteiger partial charge on any atom is 0.416 e. The van der Waals surface area contributed by atoms with Gasteiger partial charge in [-0.15, -0.1) is 0 Å². The number of hydrogen-bond acceptors (Lipinski definition) is 5. The maximum absolute atomic E-state index is 12.5. The van der Waals surface area contributed by atoms with Crippen LogP contribution in [-0.4, -0.2) is 44.5 Å². The van der Waals surface area contributed by atoms with E-state index in [1.54, 1.807) is 18.2 Å². The second-order valence-electron chi connectivity index (χ2n) is 6.15. The molecule has 2 N–H and O–H groups in total. The molecule has 0 spiro atoms. The van der Waals surface area contributed by atoms with Crippen LogP contribution < -0.4 is 19.5 Å². The minimum absolute atomic E-state index is 0.0413. The summed E-state index contributed by atoms with van der Waals surface area (Å²) in [5, 5.41) is 12.5. The molecule has 0 heterocycles. The van der Waals surface area contributed by atoms with Crippen LogP contribution in [0.5, 0.6) is 17.2 Å². The zero-order valence-corrected chi connectivity index (χ0v) is 16.0. The lowest BCUT2D eigenvalue weighted by Crippen LogP contribution is -2.36. The summed E-state index contributed by atoms with van der Waals surface area (Å²) in [7, 11) is 3.01. The van der Waals surface area contributed by atoms with Crippen molar-refractivity contribution in [2.24, 2.45) is 0 Å². The lowest BCUT2D eigenvalue weighted by Gasteiger charge is -2.15. The van der Waals surface area contributed by atoms with Gasteiger partial charge in [-0.3, -0.25) is 4.79 Å². The van der Waals surface area contributed by atoms with Gasteiger partial charge in [0, 0.05) is 18.2 Å². The van der Waals surface area contributed by atoms with Crippen molar-refractivity contribution < 1.29 is 37.3 Å². The van der Waals surface area contributed by atoms with Crippen LogP contribution in [0.2, 0.25) is 0 Å². The van der Waals surface area contributed by atoms with E-state index in [0.717, 1.165) is 12.1 Å². The van der Waals surface area contributed by atoms with Crippen LogP contribution in [0.25, 0.3) is 0 Å². The Labute approximate surface area is 166 Å². The number of aliphatic hydroxyl groups excluding tert-OH is 1. The highest BCUT2D eigenvalue weighted by molar-refractivity contribution is 5.79. The molecule has 158 valence electrons. The average molecular weight is 413 g/mol. The molecule has 0 radical (unpaired) electrons. The van der Waals surface area contributed by atoms with Gasteiger partial charge in [0.25, 0.3) is 0 Å². The van der Waals surface area contributed by atoms with E-state index in [9.17, 15) is 23.1 Å². The number of rotatable bonds is 9. The lowest BCUT2D eigenvalue weighted by molar-refractivity contribution is -0.137. The summed E-state index contributed by atoms with van der Waals surface area (Å²) in [6, 6.07) is 9.21. The minimum Gasteiger partial charge on any atom is -0.497 e. The number of methoxy groups -OCH3 is 2. The van der Waals surface area contributed by atoms with Crippen molar-refractivity contribution in [1.29, 1.82) is 0 Å². The van der Waals surface area contributed by atoms with Gasteiger partial charge in [-0.1, -0.05) is 6.07 Å². The van der Waals surface area contributed by atoms with E-state index in [0.29, 0.717) is 17.1 Å². The molecule has 1 amide bonds. The second kappa shape index (κ2) is 10.0. The number of benzene rings is 2. The van der Waals surface area contributed by atoms with Crippen LogP contribution in [0, 0.1) is 0 Å². The Balaban J connectivity index is 1.79. The van der Waals surface area contributed by atoms with Crippen molar-refractivity contribution >= 4 is 5.91 Å². The zero-order valence-electron chi connectivity index (χ0n) is 16.0. The first kappa shape index (κ1) is 22.4. The minimum atomic E-state index is -4.42. The van der Waals surface area contributed by atoms with Gasteiger partial charge in [0.2, 0.25) is 5.91 Å². The highest BCUT2D eigenvalue weighted by Gasteiger charge is 2.30. The first-order chi connectivity index (χ1) is 13.7. The number of aliphatic hydroxyl groups is 1. The van der Waals surface area contributed by atoms with E-state index < -0.39 is 17.8 Å². The molecule has 0 saturated carbocycles. The topological polar surface area (TPSA) is 77.0 Å². The molecule has 29 heavy (non-hydrogen) atoms. The van der Waals surface area contributed by atoms with Crippen molar-refractivity contribution in [3.63, 3.8) is 0 Å². The molecular weight excluding hydrogens is 391 g/mol. The molecule has 2 rings (SSSR count). The Hall–Kier alpha value is -2.94. The van der Waals surface area contributed by atoms with E-state index in [-0.39, 0.29) is 31.2 Å². The van der Waals surface area contributed by atoms with Crippen molar-refractivity contribution in [2.75, 3.05) is 27.4 Å². The van der Waals surface area contributed by atoms with E-state index >= 15 is 0 Å². The molecule has 0 aliphatic heterocycles. The molecule has 1 atom stereocenters. The molecule has 6 nitrogen and oxygen atoms in total. The third-order valence-electron chi connectivity index (χ3n) is 4.00. The molecule has 0 aliphatic carbocycles. The summed E-state index contributed by atoms with van der Waals surface area (Å²) >= 11 is 0. The number of carbonyl (C=O) groups excluding carboxylic acids is 1. The lowest BCUT2D eigenvalue weighted by atomic mass is 10.1. The average Bonchev–Trinajstić information content (AvgIpc) is 2.70. The quantitative estimate of drug-likeness (QED) is 0.661. The Morgan fingerprint density at radius 2 is 1.72 bits per heavy atom. The van der Waals surface area contributed by atoms with Crippen molar-refractivity contribution in [3.05, 3.63) is 53.6 Å². The SMILES string of the molecule is COc1ccc(CC(=O)NCC(O)COc2ccc(C(F)(F)F)cc2)c(OC)c1. The third-order valence-corrected chi connectivity index (χ3v) is 4.00. The molecule has 1 unspecified atom stereocenters. The van der Waals surface area contributed by atoms with Crippen LogP contribution in [0.1, 0.15) is 11.1 Å². The standard InChI is InChI=1S/C20H22F3NO5/c1-27-17-6-3-13(18(10-17)28-2)9-19(26)24-11-15(25)12-29-16-7-4-14(5-8-16)20(21,22)23/h3-8,10,15,25H,9,11-12H2,1-2H3,(H,24,26). The van der Waals surface area contributed by atoms with Gasteiger partial charge in [0.15, 0.2) is 0 Å². The van der Waals surface area contributed by atoms with E-state index in [1.165, 1.54) is 26.4 Å².